The normalized spacial score (nSPS) is 18.9. The zero-order valence-electron chi connectivity index (χ0n) is 16.6. The first kappa shape index (κ1) is 17.9. The van der Waals surface area contributed by atoms with Crippen LogP contribution in [0.25, 0.3) is 11.2 Å². The van der Waals surface area contributed by atoms with Crippen LogP contribution < -0.4 is 20.4 Å². The van der Waals surface area contributed by atoms with Gasteiger partial charge in [0.15, 0.2) is 5.65 Å². The van der Waals surface area contributed by atoms with Gasteiger partial charge in [-0.05, 0) is 25.5 Å². The van der Waals surface area contributed by atoms with E-state index in [0.29, 0.717) is 23.8 Å². The Hall–Kier alpha value is -3.20. The fourth-order valence-corrected chi connectivity index (χ4v) is 4.23. The summed E-state index contributed by atoms with van der Waals surface area (Å²) in [6.45, 7) is 5.69. The molecule has 3 aromatic rings. The predicted octanol–water partition coefficient (Wildman–Crippen LogP) is 1.76. The molecule has 0 radical (unpaired) electrons. The third-order valence-corrected chi connectivity index (χ3v) is 5.64. The Balaban J connectivity index is 1.41. The molecule has 1 atom stereocenters. The van der Waals surface area contributed by atoms with Gasteiger partial charge in [-0.3, -0.25) is 4.90 Å². The van der Waals surface area contributed by atoms with Gasteiger partial charge in [-0.2, -0.15) is 0 Å². The lowest BCUT2D eigenvalue weighted by atomic mass is 10.1. The standard InChI is InChI=1S/C20H24N8O/c1-13-11-27(10-8-21-13)16-4-7-22-18-14(16)5-9-28(18)20(29)25-15-3-6-23-19-17(15)24-12-26(19)2/h3-4,6-7,12-13,21H,5,8-11H2,1-2H3,(H,23,25,29)/t13-/m0/s1. The summed E-state index contributed by atoms with van der Waals surface area (Å²) in [6, 6.07) is 4.09. The second-order valence-electron chi connectivity index (χ2n) is 7.65. The number of hydrogen-bond donors (Lipinski definition) is 2. The second-order valence-corrected chi connectivity index (χ2v) is 7.65. The second kappa shape index (κ2) is 7.00. The zero-order chi connectivity index (χ0) is 20.0. The van der Waals surface area contributed by atoms with E-state index in [-0.39, 0.29) is 6.03 Å². The van der Waals surface area contributed by atoms with Crippen LogP contribution in [0.1, 0.15) is 12.5 Å². The average molecular weight is 392 g/mol. The van der Waals surface area contributed by atoms with Crippen molar-refractivity contribution in [2.75, 3.05) is 41.3 Å². The first-order chi connectivity index (χ1) is 14.1. The molecule has 1 fully saturated rings. The molecular weight excluding hydrogens is 368 g/mol. The molecule has 2 N–H and O–H groups in total. The minimum Gasteiger partial charge on any atom is -0.368 e. The predicted molar refractivity (Wildman–Crippen MR) is 112 cm³/mol. The van der Waals surface area contributed by atoms with Crippen LogP contribution >= 0.6 is 0 Å². The van der Waals surface area contributed by atoms with E-state index in [1.807, 2.05) is 11.6 Å². The van der Waals surface area contributed by atoms with E-state index in [1.165, 1.54) is 5.69 Å². The van der Waals surface area contributed by atoms with Gasteiger partial charge in [0.2, 0.25) is 0 Å². The van der Waals surface area contributed by atoms with Crippen molar-refractivity contribution >= 4 is 34.4 Å². The topological polar surface area (TPSA) is 91.2 Å². The minimum absolute atomic E-state index is 0.194. The van der Waals surface area contributed by atoms with E-state index in [0.717, 1.165) is 43.1 Å². The van der Waals surface area contributed by atoms with Crippen LogP contribution in [0.3, 0.4) is 0 Å². The van der Waals surface area contributed by atoms with Gasteiger partial charge in [-0.15, -0.1) is 0 Å². The Morgan fingerprint density at radius 1 is 1.21 bits per heavy atom. The highest BCUT2D eigenvalue weighted by atomic mass is 16.2. The lowest BCUT2D eigenvalue weighted by molar-refractivity contribution is 0.257. The maximum Gasteiger partial charge on any atom is 0.327 e. The Kier molecular flexibility index (Phi) is 4.31. The van der Waals surface area contributed by atoms with Crippen LogP contribution in [0.2, 0.25) is 0 Å². The first-order valence-corrected chi connectivity index (χ1v) is 9.92. The molecular formula is C20H24N8O. The van der Waals surface area contributed by atoms with Gasteiger partial charge in [0.05, 0.1) is 12.0 Å². The van der Waals surface area contributed by atoms with Crippen molar-refractivity contribution < 1.29 is 4.79 Å². The van der Waals surface area contributed by atoms with E-state index >= 15 is 0 Å². The van der Waals surface area contributed by atoms with Crippen LogP contribution in [0, 0.1) is 0 Å². The molecule has 29 heavy (non-hydrogen) atoms. The number of rotatable bonds is 2. The number of aryl methyl sites for hydroxylation is 1. The van der Waals surface area contributed by atoms with Crippen molar-refractivity contribution in [2.24, 2.45) is 7.05 Å². The Labute approximate surface area is 168 Å². The Morgan fingerprint density at radius 3 is 2.93 bits per heavy atom. The SMILES string of the molecule is C[C@H]1CN(c2ccnc3c2CCN3C(=O)Nc2ccnc3c2ncn3C)CCN1. The maximum atomic E-state index is 13.1. The van der Waals surface area contributed by atoms with Gasteiger partial charge in [0.25, 0.3) is 0 Å². The molecule has 0 saturated carbocycles. The fourth-order valence-electron chi connectivity index (χ4n) is 4.23. The zero-order valence-corrected chi connectivity index (χ0v) is 16.6. The maximum absolute atomic E-state index is 13.1. The number of urea groups is 1. The first-order valence-electron chi connectivity index (χ1n) is 9.92. The lowest BCUT2D eigenvalue weighted by Crippen LogP contribution is -2.49. The van der Waals surface area contributed by atoms with E-state index < -0.39 is 0 Å². The van der Waals surface area contributed by atoms with Crippen molar-refractivity contribution in [3.05, 3.63) is 36.4 Å². The van der Waals surface area contributed by atoms with Crippen LogP contribution in [0.15, 0.2) is 30.9 Å². The minimum atomic E-state index is -0.194. The monoisotopic (exact) mass is 392 g/mol. The summed E-state index contributed by atoms with van der Waals surface area (Å²) in [6.07, 6.45) is 5.98. The van der Waals surface area contributed by atoms with Crippen LogP contribution in [0.4, 0.5) is 22.0 Å². The van der Waals surface area contributed by atoms with E-state index in [9.17, 15) is 4.79 Å². The molecule has 150 valence electrons. The van der Waals surface area contributed by atoms with Crippen LogP contribution in [-0.4, -0.2) is 57.8 Å². The summed E-state index contributed by atoms with van der Waals surface area (Å²) < 4.78 is 1.83. The van der Waals surface area contributed by atoms with Gasteiger partial charge in [0, 0.05) is 62.9 Å². The molecule has 0 spiro atoms. The molecule has 0 unspecified atom stereocenters. The van der Waals surface area contributed by atoms with Crippen molar-refractivity contribution in [2.45, 2.75) is 19.4 Å². The van der Waals surface area contributed by atoms with Gasteiger partial charge in [0.1, 0.15) is 11.3 Å². The molecule has 0 aromatic carbocycles. The number of carbonyl (C=O) groups excluding carboxylic acids is 1. The largest absolute Gasteiger partial charge is 0.368 e. The van der Waals surface area contributed by atoms with Gasteiger partial charge >= 0.3 is 6.03 Å². The number of anilines is 3. The molecule has 9 heteroatoms. The highest BCUT2D eigenvalue weighted by Gasteiger charge is 2.30. The number of piperazine rings is 1. The number of nitrogens with zero attached hydrogens (tertiary/aromatic N) is 6. The molecule has 5 rings (SSSR count). The Morgan fingerprint density at radius 2 is 2.07 bits per heavy atom. The van der Waals surface area contributed by atoms with Crippen molar-refractivity contribution in [1.29, 1.82) is 0 Å². The number of fused-ring (bicyclic) bond motifs is 2. The van der Waals surface area contributed by atoms with E-state index in [4.69, 9.17) is 0 Å². The number of aromatic nitrogens is 4. The highest BCUT2D eigenvalue weighted by Crippen LogP contribution is 2.34. The number of nitrogens with one attached hydrogen (secondary N) is 2. The smallest absolute Gasteiger partial charge is 0.327 e. The number of amides is 2. The summed E-state index contributed by atoms with van der Waals surface area (Å²) in [4.78, 5) is 30.4. The third-order valence-electron chi connectivity index (χ3n) is 5.64. The summed E-state index contributed by atoms with van der Waals surface area (Å²) in [5, 5.41) is 6.47. The molecule has 2 aliphatic heterocycles. The summed E-state index contributed by atoms with van der Waals surface area (Å²) >= 11 is 0. The van der Waals surface area contributed by atoms with Gasteiger partial charge in [-0.25, -0.2) is 19.7 Å². The molecule has 0 bridgehead atoms. The molecule has 2 aliphatic rings. The van der Waals surface area contributed by atoms with Crippen LogP contribution in [-0.2, 0) is 13.5 Å². The quantitative estimate of drug-likeness (QED) is 0.691. The summed E-state index contributed by atoms with van der Waals surface area (Å²) in [5.41, 5.74) is 4.41. The number of pyridine rings is 2. The molecule has 5 heterocycles. The average Bonchev–Trinajstić information content (AvgIpc) is 3.32. The third kappa shape index (κ3) is 3.07. The van der Waals surface area contributed by atoms with Crippen molar-refractivity contribution in [3.63, 3.8) is 0 Å². The van der Waals surface area contributed by atoms with Gasteiger partial charge < -0.3 is 20.1 Å². The summed E-state index contributed by atoms with van der Waals surface area (Å²) in [5.74, 6) is 0.748. The number of carbonyl (C=O) groups is 1. The molecule has 1 saturated heterocycles. The van der Waals surface area contributed by atoms with Crippen LogP contribution in [0.5, 0.6) is 0 Å². The van der Waals surface area contributed by atoms with Crippen molar-refractivity contribution in [1.82, 2.24) is 24.8 Å². The number of imidazole rings is 1. The molecule has 3 aromatic heterocycles. The molecule has 0 aliphatic carbocycles. The van der Waals surface area contributed by atoms with E-state index in [1.54, 1.807) is 29.7 Å². The molecule has 9 nitrogen and oxygen atoms in total. The Bertz CT molecular complexity index is 1080. The fraction of sp³-hybridized carbons (Fsp3) is 0.400. The highest BCUT2D eigenvalue weighted by molar-refractivity contribution is 6.06. The summed E-state index contributed by atoms with van der Waals surface area (Å²) in [7, 11) is 1.88. The van der Waals surface area contributed by atoms with E-state index in [2.05, 4.69) is 43.5 Å². The number of hydrogen-bond acceptors (Lipinski definition) is 6. The van der Waals surface area contributed by atoms with Gasteiger partial charge in [-0.1, -0.05) is 0 Å². The lowest BCUT2D eigenvalue weighted by Gasteiger charge is -2.34. The van der Waals surface area contributed by atoms with Crippen molar-refractivity contribution in [3.8, 4) is 0 Å². The molecule has 2 amide bonds.